The van der Waals surface area contributed by atoms with Crippen molar-refractivity contribution in [3.05, 3.63) is 99.0 Å². The highest BCUT2D eigenvalue weighted by Crippen LogP contribution is 2.44. The molecule has 0 radical (unpaired) electrons. The second-order valence-electron chi connectivity index (χ2n) is 15.4. The second-order valence-corrected chi connectivity index (χ2v) is 15.8. The van der Waals surface area contributed by atoms with Gasteiger partial charge in [-0.05, 0) is 106 Å². The fourth-order valence-electron chi connectivity index (χ4n) is 8.57. The first-order valence-corrected chi connectivity index (χ1v) is 19.8. The minimum Gasteiger partial charge on any atom is -0.493 e. The van der Waals surface area contributed by atoms with Crippen molar-refractivity contribution in [1.82, 2.24) is 33.9 Å². The molecule has 11 nitrogen and oxygen atoms in total. The van der Waals surface area contributed by atoms with Crippen LogP contribution in [0.25, 0.3) is 32.8 Å². The van der Waals surface area contributed by atoms with Crippen molar-refractivity contribution in [2.75, 3.05) is 46.4 Å². The Bertz CT molecular complexity index is 2440. The van der Waals surface area contributed by atoms with Crippen molar-refractivity contribution >= 4 is 39.2 Å². The molecule has 294 valence electrons. The van der Waals surface area contributed by atoms with E-state index in [-0.39, 0.29) is 18.1 Å². The van der Waals surface area contributed by atoms with E-state index in [2.05, 4.69) is 22.9 Å². The van der Waals surface area contributed by atoms with Crippen LogP contribution in [0.1, 0.15) is 63.3 Å². The van der Waals surface area contributed by atoms with Crippen molar-refractivity contribution in [3.8, 4) is 16.9 Å². The molecular formula is C43H49ClFN7O4. The lowest BCUT2D eigenvalue weighted by molar-refractivity contribution is 0.0190. The van der Waals surface area contributed by atoms with Crippen LogP contribution in [0.2, 0.25) is 5.02 Å². The Morgan fingerprint density at radius 3 is 2.54 bits per heavy atom. The fraction of sp³-hybridized carbons (Fsp3) is 0.419. The summed E-state index contributed by atoms with van der Waals surface area (Å²) < 4.78 is 33.4. The number of piperazine rings is 1. The number of aryl methyl sites for hydroxylation is 6. The van der Waals surface area contributed by atoms with Crippen LogP contribution in [0.5, 0.6) is 5.75 Å². The van der Waals surface area contributed by atoms with E-state index in [1.165, 1.54) is 12.1 Å². The average molecular weight is 782 g/mol. The quantitative estimate of drug-likeness (QED) is 0.196. The molecule has 2 aliphatic heterocycles. The van der Waals surface area contributed by atoms with Gasteiger partial charge in [-0.15, -0.1) is 0 Å². The van der Waals surface area contributed by atoms with E-state index >= 15 is 0 Å². The number of hydrogen-bond acceptors (Lipinski definition) is 7. The first-order chi connectivity index (χ1) is 27.0. The SMILES string of the molecule is Cc1c(C(=O)O)n2c3ccc(Cl)c(c13)-c1c(nn(C)c1C)C(CCN1CCN(C)CC1)OCc1cc(n(C)n1)CCc1cc(c3ccc(F)cc3c1)OCCC2. The number of benzene rings is 3. The summed E-state index contributed by atoms with van der Waals surface area (Å²) in [6.07, 6.45) is 2.25. The first-order valence-electron chi connectivity index (χ1n) is 19.4. The Morgan fingerprint density at radius 1 is 0.946 bits per heavy atom. The van der Waals surface area contributed by atoms with Gasteiger partial charge >= 0.3 is 5.97 Å². The van der Waals surface area contributed by atoms with Crippen LogP contribution in [0.3, 0.4) is 0 Å². The number of aromatic carboxylic acids is 1. The second kappa shape index (κ2) is 15.7. The lowest BCUT2D eigenvalue weighted by atomic mass is 9.94. The molecule has 8 bridgehead atoms. The molecule has 8 rings (SSSR count). The van der Waals surface area contributed by atoms with Gasteiger partial charge in [-0.25, -0.2) is 9.18 Å². The van der Waals surface area contributed by atoms with Crippen molar-refractivity contribution in [1.29, 1.82) is 0 Å². The van der Waals surface area contributed by atoms with E-state index in [1.54, 1.807) is 6.07 Å². The molecule has 5 heterocycles. The number of carbonyl (C=O) groups is 1. The number of carboxylic acid groups (broad SMARTS) is 1. The normalized spacial score (nSPS) is 17.6. The molecule has 1 unspecified atom stereocenters. The summed E-state index contributed by atoms with van der Waals surface area (Å²) in [5.41, 5.74) is 7.83. The molecule has 1 atom stereocenters. The topological polar surface area (TPSA) is 103 Å². The van der Waals surface area contributed by atoms with E-state index in [4.69, 9.17) is 31.3 Å². The maximum Gasteiger partial charge on any atom is 0.352 e. The summed E-state index contributed by atoms with van der Waals surface area (Å²) in [6, 6.07) is 14.7. The van der Waals surface area contributed by atoms with Crippen molar-refractivity contribution < 1.29 is 23.8 Å². The zero-order valence-corrected chi connectivity index (χ0v) is 33.5. The van der Waals surface area contributed by atoms with Gasteiger partial charge in [0.2, 0.25) is 0 Å². The molecule has 0 spiro atoms. The van der Waals surface area contributed by atoms with E-state index < -0.39 is 12.1 Å². The van der Waals surface area contributed by atoms with Gasteiger partial charge in [0.05, 0.1) is 24.6 Å². The zero-order valence-electron chi connectivity index (χ0n) is 32.7. The summed E-state index contributed by atoms with van der Waals surface area (Å²) in [4.78, 5) is 17.8. The highest BCUT2D eigenvalue weighted by atomic mass is 35.5. The monoisotopic (exact) mass is 781 g/mol. The molecule has 2 aliphatic rings. The minimum atomic E-state index is -1.01. The third kappa shape index (κ3) is 7.31. The predicted octanol–water partition coefficient (Wildman–Crippen LogP) is 7.50. The highest BCUT2D eigenvalue weighted by Gasteiger charge is 2.31. The zero-order chi connectivity index (χ0) is 39.2. The maximum atomic E-state index is 14.5. The molecule has 13 heteroatoms. The number of halogens is 2. The molecule has 3 aromatic carbocycles. The van der Waals surface area contributed by atoms with Gasteiger partial charge in [0.1, 0.15) is 23.4 Å². The minimum absolute atomic E-state index is 0.213. The van der Waals surface area contributed by atoms with Crippen LogP contribution in [-0.2, 0) is 44.8 Å². The van der Waals surface area contributed by atoms with Crippen LogP contribution in [0.15, 0.2) is 48.5 Å². The van der Waals surface area contributed by atoms with Gasteiger partial charge in [-0.1, -0.05) is 17.7 Å². The molecule has 0 amide bonds. The number of carboxylic acids is 1. The number of fused-ring (bicyclic) bond motifs is 8. The van der Waals surface area contributed by atoms with E-state index in [9.17, 15) is 14.3 Å². The summed E-state index contributed by atoms with van der Waals surface area (Å²) in [5.74, 6) is -0.645. The Balaban J connectivity index is 1.26. The van der Waals surface area contributed by atoms with Crippen LogP contribution < -0.4 is 4.74 Å². The van der Waals surface area contributed by atoms with Crippen LogP contribution in [0.4, 0.5) is 4.39 Å². The molecule has 1 N–H and O–H groups in total. The molecule has 56 heavy (non-hydrogen) atoms. The largest absolute Gasteiger partial charge is 0.493 e. The standard InChI is InChI=1S/C43H49ClFN7O4/c1-26-38-35-12-11-34(44)40(38)39-27(2)49(4)47-41(39)36(13-15-51-18-16-48(3)17-19-51)56-25-31-24-32(50(5)46-31)9-7-28-21-29-23-30(45)8-10-33(29)37(22-28)55-20-6-14-52(35)42(26)43(53)54/h8,10-12,21-24,36H,6-7,9,13-20,25H2,1-5H3,(H,53,54). The summed E-state index contributed by atoms with van der Waals surface area (Å²) >= 11 is 7.18. The van der Waals surface area contributed by atoms with E-state index in [0.29, 0.717) is 48.7 Å². The third-order valence-corrected chi connectivity index (χ3v) is 12.0. The smallest absolute Gasteiger partial charge is 0.352 e. The Hall–Kier alpha value is -4.75. The summed E-state index contributed by atoms with van der Waals surface area (Å²) in [7, 11) is 6.04. The lowest BCUT2D eigenvalue weighted by Crippen LogP contribution is -2.44. The van der Waals surface area contributed by atoms with Gasteiger partial charge < -0.3 is 28.9 Å². The van der Waals surface area contributed by atoms with Crippen molar-refractivity contribution in [2.24, 2.45) is 14.1 Å². The highest BCUT2D eigenvalue weighted by molar-refractivity contribution is 6.35. The fourth-order valence-corrected chi connectivity index (χ4v) is 8.82. The maximum absolute atomic E-state index is 14.5. The van der Waals surface area contributed by atoms with Crippen LogP contribution in [0, 0.1) is 19.7 Å². The number of likely N-dealkylation sites (N-methyl/N-ethyl adjacent to an activating group) is 1. The van der Waals surface area contributed by atoms with E-state index in [1.807, 2.05) is 66.1 Å². The van der Waals surface area contributed by atoms with Crippen molar-refractivity contribution in [3.63, 3.8) is 0 Å². The molecule has 1 fully saturated rings. The van der Waals surface area contributed by atoms with Crippen molar-refractivity contribution in [2.45, 2.75) is 58.8 Å². The molecule has 1 saturated heterocycles. The van der Waals surface area contributed by atoms with E-state index in [0.717, 1.165) is 100 Å². The predicted molar refractivity (Wildman–Crippen MR) is 216 cm³/mol. The number of rotatable bonds is 4. The summed E-state index contributed by atoms with van der Waals surface area (Å²) in [5, 5.41) is 23.5. The molecular weight excluding hydrogens is 733 g/mol. The summed E-state index contributed by atoms with van der Waals surface area (Å²) in [6.45, 7) is 9.72. The number of aromatic nitrogens is 5. The molecule has 6 aromatic rings. The molecule has 0 aliphatic carbocycles. The Morgan fingerprint density at radius 2 is 1.75 bits per heavy atom. The van der Waals surface area contributed by atoms with Gasteiger partial charge in [-0.3, -0.25) is 9.36 Å². The number of ether oxygens (including phenoxy) is 2. The van der Waals surface area contributed by atoms with Crippen LogP contribution >= 0.6 is 11.6 Å². The Labute approximate surface area is 331 Å². The average Bonchev–Trinajstić information content (AvgIpc) is 3.78. The van der Waals surface area contributed by atoms with Gasteiger partial charge in [0.15, 0.2) is 0 Å². The van der Waals surface area contributed by atoms with Gasteiger partial charge in [0.25, 0.3) is 0 Å². The van der Waals surface area contributed by atoms with Gasteiger partial charge in [-0.2, -0.15) is 10.2 Å². The first kappa shape index (κ1) is 38.1. The Kier molecular flexibility index (Phi) is 10.7. The van der Waals surface area contributed by atoms with Gasteiger partial charge in [0, 0.05) is 97.2 Å². The lowest BCUT2D eigenvalue weighted by Gasteiger charge is -2.33. The molecule has 0 saturated carbocycles. The number of hydrogen-bond donors (Lipinski definition) is 1. The third-order valence-electron chi connectivity index (χ3n) is 11.7. The number of nitrogens with zero attached hydrogens (tertiary/aromatic N) is 7. The molecule has 3 aromatic heterocycles. The van der Waals surface area contributed by atoms with Crippen LogP contribution in [-0.4, -0.2) is 91.4 Å².